The number of nitrogens with one attached hydrogen (secondary N) is 1. The number of ether oxygens (including phenoxy) is 2. The number of fused-ring (bicyclic) bond motifs is 1. The predicted octanol–water partition coefficient (Wildman–Crippen LogP) is -2.03. The molecule has 10 nitrogen and oxygen atoms in total. The molecule has 122 valence electrons. The number of rotatable bonds is 4. The highest BCUT2D eigenvalue weighted by Crippen LogP contribution is 2.32. The van der Waals surface area contributed by atoms with Gasteiger partial charge >= 0.3 is 0 Å². The van der Waals surface area contributed by atoms with E-state index in [9.17, 15) is 15.0 Å². The molecular formula is C13H15N5O5. The maximum absolute atomic E-state index is 11.8. The van der Waals surface area contributed by atoms with Gasteiger partial charge in [-0.3, -0.25) is 14.3 Å². The van der Waals surface area contributed by atoms with Gasteiger partial charge in [0.2, 0.25) is 5.95 Å². The second-order valence-corrected chi connectivity index (χ2v) is 4.99. The van der Waals surface area contributed by atoms with Crippen molar-refractivity contribution in [1.29, 1.82) is 0 Å². The number of aliphatic hydroxyl groups excluding tert-OH is 2. The molecule has 0 aliphatic carbocycles. The summed E-state index contributed by atoms with van der Waals surface area (Å²) in [5, 5.41) is 19.8. The van der Waals surface area contributed by atoms with E-state index in [0.717, 1.165) is 0 Å². The lowest BCUT2D eigenvalue weighted by molar-refractivity contribution is -0.0560. The minimum Gasteiger partial charge on any atom is -0.394 e. The number of hydrogen-bond acceptors (Lipinski definition) is 8. The highest BCUT2D eigenvalue weighted by atomic mass is 16.6. The Balaban J connectivity index is 1.99. The number of anilines is 1. The number of hydrogen-bond donors (Lipinski definition) is 4. The molecule has 1 unspecified atom stereocenters. The number of nitrogens with two attached hydrogens (primary N) is 1. The molecule has 1 aliphatic heterocycles. The smallest absolute Gasteiger partial charge is 0.280 e. The third-order valence-electron chi connectivity index (χ3n) is 3.57. The van der Waals surface area contributed by atoms with Gasteiger partial charge in [0, 0.05) is 0 Å². The summed E-state index contributed by atoms with van der Waals surface area (Å²) in [6.07, 6.45) is 2.75. The van der Waals surface area contributed by atoms with Crippen LogP contribution >= 0.6 is 0 Å². The normalized spacial score (nSPS) is 27.3. The van der Waals surface area contributed by atoms with Crippen molar-refractivity contribution < 1.29 is 19.7 Å². The van der Waals surface area contributed by atoms with Crippen molar-refractivity contribution in [2.24, 2.45) is 0 Å². The van der Waals surface area contributed by atoms with Crippen LogP contribution in [0.3, 0.4) is 0 Å². The van der Waals surface area contributed by atoms with Gasteiger partial charge in [0.1, 0.15) is 24.9 Å². The lowest BCUT2D eigenvalue weighted by Crippen LogP contribution is -2.36. The van der Waals surface area contributed by atoms with Gasteiger partial charge in [0.05, 0.1) is 12.9 Å². The quantitative estimate of drug-likeness (QED) is 0.471. The Bertz CT molecular complexity index is 809. The maximum atomic E-state index is 11.8. The number of aromatic amines is 1. The molecule has 0 aromatic carbocycles. The standard InChI is InChI=1S/C13H15N5O5/c1-2-3-22-9-6(4-19)23-12(8(9)20)18-5-15-7-10(18)16-13(14)17-11(7)21/h1,5-6,8-9,12,19-20H,3-4H2,(H3,14,16,17,21)/t6-,8?,9+,12-/m1/s1. The molecule has 1 aliphatic rings. The third-order valence-corrected chi connectivity index (χ3v) is 3.57. The first-order valence-corrected chi connectivity index (χ1v) is 6.78. The van der Waals surface area contributed by atoms with Gasteiger partial charge in [-0.1, -0.05) is 5.92 Å². The van der Waals surface area contributed by atoms with Crippen LogP contribution in [0.5, 0.6) is 0 Å². The molecule has 5 N–H and O–H groups in total. The van der Waals surface area contributed by atoms with Crippen molar-refractivity contribution in [3.05, 3.63) is 16.7 Å². The summed E-state index contributed by atoms with van der Waals surface area (Å²) in [7, 11) is 0. The van der Waals surface area contributed by atoms with Gasteiger partial charge in [-0.05, 0) is 0 Å². The van der Waals surface area contributed by atoms with Crippen LogP contribution < -0.4 is 11.3 Å². The largest absolute Gasteiger partial charge is 0.394 e. The average Bonchev–Trinajstić information content (AvgIpc) is 3.06. The number of H-pyrrole nitrogens is 1. The summed E-state index contributed by atoms with van der Waals surface area (Å²) in [5.41, 5.74) is 5.25. The zero-order valence-electron chi connectivity index (χ0n) is 11.9. The monoisotopic (exact) mass is 321 g/mol. The number of terminal acetylenes is 1. The van der Waals surface area contributed by atoms with Crippen molar-refractivity contribution >= 4 is 17.1 Å². The van der Waals surface area contributed by atoms with Gasteiger partial charge < -0.3 is 25.4 Å². The van der Waals surface area contributed by atoms with Gasteiger partial charge in [-0.2, -0.15) is 4.98 Å². The first-order chi connectivity index (χ1) is 11.1. The molecular weight excluding hydrogens is 306 g/mol. The molecule has 3 rings (SSSR count). The predicted molar refractivity (Wildman–Crippen MR) is 78.1 cm³/mol. The van der Waals surface area contributed by atoms with Gasteiger partial charge in [-0.25, -0.2) is 4.98 Å². The molecule has 0 amide bonds. The van der Waals surface area contributed by atoms with Gasteiger partial charge in [0.15, 0.2) is 17.4 Å². The molecule has 4 atom stereocenters. The van der Waals surface area contributed by atoms with Crippen LogP contribution in [-0.2, 0) is 9.47 Å². The summed E-state index contributed by atoms with van der Waals surface area (Å²) in [5.74, 6) is 2.20. The fraction of sp³-hybridized carbons (Fsp3) is 0.462. The molecule has 1 fully saturated rings. The average molecular weight is 321 g/mol. The van der Waals surface area contributed by atoms with Gasteiger partial charge in [0.25, 0.3) is 5.56 Å². The summed E-state index contributed by atoms with van der Waals surface area (Å²) in [6, 6.07) is 0. The minimum absolute atomic E-state index is 0.0378. The zero-order chi connectivity index (χ0) is 16.6. The van der Waals surface area contributed by atoms with Crippen LogP contribution in [-0.4, -0.2) is 61.3 Å². The molecule has 10 heteroatoms. The molecule has 0 spiro atoms. The molecule has 0 radical (unpaired) electrons. The van der Waals surface area contributed by atoms with Crippen LogP contribution in [0.15, 0.2) is 11.1 Å². The first-order valence-electron chi connectivity index (χ1n) is 6.78. The van der Waals surface area contributed by atoms with Crippen molar-refractivity contribution in [1.82, 2.24) is 19.5 Å². The molecule has 0 bridgehead atoms. The van der Waals surface area contributed by atoms with Crippen molar-refractivity contribution in [2.75, 3.05) is 18.9 Å². The Morgan fingerprint density at radius 3 is 3.09 bits per heavy atom. The van der Waals surface area contributed by atoms with Crippen LogP contribution in [0, 0.1) is 12.3 Å². The Morgan fingerprint density at radius 1 is 1.61 bits per heavy atom. The molecule has 1 saturated heterocycles. The van der Waals surface area contributed by atoms with E-state index in [-0.39, 0.29) is 30.3 Å². The molecule has 3 heterocycles. The van der Waals surface area contributed by atoms with E-state index in [1.54, 1.807) is 0 Å². The Morgan fingerprint density at radius 2 is 2.39 bits per heavy atom. The van der Waals surface area contributed by atoms with E-state index < -0.39 is 30.1 Å². The van der Waals surface area contributed by atoms with Crippen molar-refractivity contribution in [3.63, 3.8) is 0 Å². The maximum Gasteiger partial charge on any atom is 0.280 e. The first kappa shape index (κ1) is 15.4. The number of imidazole rings is 1. The Labute approximate surface area is 129 Å². The van der Waals surface area contributed by atoms with Crippen molar-refractivity contribution in [3.8, 4) is 12.3 Å². The van der Waals surface area contributed by atoms with E-state index in [2.05, 4.69) is 20.9 Å². The van der Waals surface area contributed by atoms with Crippen LogP contribution in [0.1, 0.15) is 6.23 Å². The number of nitrogen functional groups attached to an aromatic ring is 1. The van der Waals surface area contributed by atoms with E-state index in [1.807, 2.05) is 0 Å². The second kappa shape index (κ2) is 5.98. The Kier molecular flexibility index (Phi) is 4.01. The summed E-state index contributed by atoms with van der Waals surface area (Å²) in [6.45, 7) is -0.407. The third kappa shape index (κ3) is 2.55. The highest BCUT2D eigenvalue weighted by molar-refractivity contribution is 5.70. The topological polar surface area (TPSA) is 149 Å². The van der Waals surface area contributed by atoms with Crippen molar-refractivity contribution in [2.45, 2.75) is 24.5 Å². The number of aliphatic hydroxyl groups is 2. The fourth-order valence-electron chi connectivity index (χ4n) is 2.58. The van der Waals surface area contributed by atoms with E-state index in [1.165, 1.54) is 10.9 Å². The second-order valence-electron chi connectivity index (χ2n) is 4.99. The summed E-state index contributed by atoms with van der Waals surface area (Å²) in [4.78, 5) is 22.1. The lowest BCUT2D eigenvalue weighted by Gasteiger charge is -2.18. The Hall–Kier alpha value is -2.45. The van der Waals surface area contributed by atoms with Crippen LogP contribution in [0.4, 0.5) is 5.95 Å². The zero-order valence-corrected chi connectivity index (χ0v) is 11.9. The van der Waals surface area contributed by atoms with E-state index >= 15 is 0 Å². The SMILES string of the molecule is C#CCO[C@@H]1C(O)[C@H](n2cnc3c(=O)[nH]c(N)nc32)O[C@@H]1CO. The lowest BCUT2D eigenvalue weighted by atomic mass is 10.1. The molecule has 23 heavy (non-hydrogen) atoms. The highest BCUT2D eigenvalue weighted by Gasteiger charge is 2.45. The number of aromatic nitrogens is 4. The molecule has 0 saturated carbocycles. The van der Waals surface area contributed by atoms with Gasteiger partial charge in [-0.15, -0.1) is 6.42 Å². The number of nitrogens with zero attached hydrogens (tertiary/aromatic N) is 3. The summed E-state index contributed by atoms with van der Waals surface area (Å²) < 4.78 is 12.3. The summed E-state index contributed by atoms with van der Waals surface area (Å²) >= 11 is 0. The minimum atomic E-state index is -1.14. The molecule has 2 aromatic rings. The van der Waals surface area contributed by atoms with E-state index in [4.69, 9.17) is 21.6 Å². The fourth-order valence-corrected chi connectivity index (χ4v) is 2.58. The van der Waals surface area contributed by atoms with Crippen LogP contribution in [0.2, 0.25) is 0 Å². The van der Waals surface area contributed by atoms with E-state index in [0.29, 0.717) is 0 Å². The molecule has 2 aromatic heterocycles. The van der Waals surface area contributed by atoms with Crippen LogP contribution in [0.25, 0.3) is 11.2 Å².